The lowest BCUT2D eigenvalue weighted by Gasteiger charge is -2.36. The molecule has 1 aliphatic rings. The molecule has 2 aromatic rings. The highest BCUT2D eigenvalue weighted by Gasteiger charge is 2.42. The van der Waals surface area contributed by atoms with Crippen molar-refractivity contribution in [1.29, 1.82) is 0 Å². The molecule has 0 aliphatic carbocycles. The Morgan fingerprint density at radius 2 is 1.81 bits per heavy atom. The van der Waals surface area contributed by atoms with E-state index in [1.165, 1.54) is 4.90 Å². The lowest BCUT2D eigenvalue weighted by atomic mass is 10.0. The van der Waals surface area contributed by atoms with E-state index in [1.54, 1.807) is 6.92 Å². The number of hydrogen-bond acceptors (Lipinski definition) is 4. The molecular weight excluding hydrogens is 452 g/mol. The van der Waals surface area contributed by atoms with Crippen LogP contribution in [0.4, 0.5) is 26.3 Å². The molecule has 0 radical (unpaired) electrons. The Kier molecular flexibility index (Phi) is 7.58. The van der Waals surface area contributed by atoms with Gasteiger partial charge >= 0.3 is 6.18 Å². The molecule has 13 heteroatoms. The maximum atomic E-state index is 13.8. The highest BCUT2D eigenvalue weighted by Crippen LogP contribution is 2.34. The van der Waals surface area contributed by atoms with Crippen molar-refractivity contribution in [3.05, 3.63) is 46.8 Å². The largest absolute Gasteiger partial charge is 0.451 e. The van der Waals surface area contributed by atoms with Crippen molar-refractivity contribution >= 4 is 18.3 Å². The minimum atomic E-state index is -4.66. The molecule has 0 fully saturated rings. The van der Waals surface area contributed by atoms with E-state index in [2.05, 4.69) is 10.2 Å². The SMILES string of the molecule is CCC1c2nnc(C(F)(F)F)n2CCN1C(=O)C[C@H](N)Cc1cc(F)c(F)cc1F.Cl. The molecule has 2 atom stereocenters. The van der Waals surface area contributed by atoms with E-state index >= 15 is 0 Å². The highest BCUT2D eigenvalue weighted by atomic mass is 35.5. The third-order valence-corrected chi connectivity index (χ3v) is 4.99. The quantitative estimate of drug-likeness (QED) is 0.536. The smallest absolute Gasteiger partial charge is 0.331 e. The van der Waals surface area contributed by atoms with E-state index in [1.807, 2.05) is 0 Å². The summed E-state index contributed by atoms with van der Waals surface area (Å²) in [4.78, 5) is 14.1. The van der Waals surface area contributed by atoms with Crippen LogP contribution in [0.3, 0.4) is 0 Å². The summed E-state index contributed by atoms with van der Waals surface area (Å²) in [5.41, 5.74) is 5.73. The summed E-state index contributed by atoms with van der Waals surface area (Å²) in [7, 11) is 0. The molecule has 1 aliphatic heterocycles. The zero-order valence-electron chi connectivity index (χ0n) is 16.3. The molecule has 172 valence electrons. The fourth-order valence-electron chi connectivity index (χ4n) is 3.61. The van der Waals surface area contributed by atoms with Crippen LogP contribution in [0, 0.1) is 17.5 Å². The van der Waals surface area contributed by atoms with E-state index < -0.39 is 47.4 Å². The van der Waals surface area contributed by atoms with Crippen molar-refractivity contribution in [3.63, 3.8) is 0 Å². The first-order chi connectivity index (χ1) is 14.0. The van der Waals surface area contributed by atoms with Gasteiger partial charge in [-0.25, -0.2) is 13.2 Å². The molecule has 2 heterocycles. The standard InChI is InChI=1S/C18H19F6N5O.ClH/c1-2-14-16-26-27-17(18(22,23)24)29(16)4-3-28(14)15(30)7-10(25)5-9-6-12(20)13(21)8-11(9)19;/h6,8,10,14H,2-5,7,25H2,1H3;1H/t10-,14?;/m1./s1. The predicted octanol–water partition coefficient (Wildman–Crippen LogP) is 3.39. The number of aromatic nitrogens is 3. The number of nitrogens with two attached hydrogens (primary N) is 1. The van der Waals surface area contributed by atoms with Gasteiger partial charge in [0, 0.05) is 31.6 Å². The molecule has 0 saturated heterocycles. The van der Waals surface area contributed by atoms with Gasteiger partial charge in [-0.3, -0.25) is 4.79 Å². The maximum absolute atomic E-state index is 13.8. The van der Waals surface area contributed by atoms with Gasteiger partial charge in [0.2, 0.25) is 11.7 Å². The van der Waals surface area contributed by atoms with Crippen LogP contribution in [0.15, 0.2) is 12.1 Å². The van der Waals surface area contributed by atoms with E-state index in [0.29, 0.717) is 18.6 Å². The van der Waals surface area contributed by atoms with Crippen LogP contribution in [0.2, 0.25) is 0 Å². The van der Waals surface area contributed by atoms with Gasteiger partial charge in [-0.15, -0.1) is 22.6 Å². The Bertz CT molecular complexity index is 950. The number of hydrogen-bond donors (Lipinski definition) is 1. The third kappa shape index (κ3) is 5.12. The zero-order valence-corrected chi connectivity index (χ0v) is 17.1. The Morgan fingerprint density at radius 3 is 2.42 bits per heavy atom. The minimum absolute atomic E-state index is 0. The molecular formula is C18H20ClF6N5O. The summed E-state index contributed by atoms with van der Waals surface area (Å²) in [6.07, 6.45) is -4.83. The zero-order chi connectivity index (χ0) is 22.2. The van der Waals surface area contributed by atoms with Crippen molar-refractivity contribution in [2.24, 2.45) is 5.73 Å². The second kappa shape index (κ2) is 9.43. The molecule has 1 aromatic heterocycles. The van der Waals surface area contributed by atoms with Gasteiger partial charge in [0.05, 0.1) is 6.04 Å². The second-order valence-electron chi connectivity index (χ2n) is 7.07. The van der Waals surface area contributed by atoms with E-state index in [4.69, 9.17) is 5.73 Å². The first-order valence-electron chi connectivity index (χ1n) is 9.21. The van der Waals surface area contributed by atoms with Crippen molar-refractivity contribution in [1.82, 2.24) is 19.7 Å². The number of rotatable bonds is 5. The Morgan fingerprint density at radius 1 is 1.16 bits per heavy atom. The molecule has 6 nitrogen and oxygen atoms in total. The number of carbonyl (C=O) groups excluding carboxylic acids is 1. The second-order valence-corrected chi connectivity index (χ2v) is 7.07. The van der Waals surface area contributed by atoms with E-state index in [-0.39, 0.29) is 49.7 Å². The Balaban J connectivity index is 0.00000341. The topological polar surface area (TPSA) is 77.0 Å². The monoisotopic (exact) mass is 471 g/mol. The molecule has 0 spiro atoms. The number of halogens is 7. The number of carbonyl (C=O) groups is 1. The van der Waals surface area contributed by atoms with Crippen LogP contribution < -0.4 is 5.73 Å². The number of nitrogens with zero attached hydrogens (tertiary/aromatic N) is 4. The summed E-state index contributed by atoms with van der Waals surface area (Å²) in [5, 5.41) is 6.85. The highest BCUT2D eigenvalue weighted by molar-refractivity contribution is 5.85. The van der Waals surface area contributed by atoms with Crippen LogP contribution in [-0.4, -0.2) is 38.2 Å². The van der Waals surface area contributed by atoms with Crippen LogP contribution in [-0.2, 0) is 23.9 Å². The van der Waals surface area contributed by atoms with Gasteiger partial charge in [0.15, 0.2) is 17.5 Å². The fourth-order valence-corrected chi connectivity index (χ4v) is 3.61. The third-order valence-electron chi connectivity index (χ3n) is 4.99. The number of amides is 1. The number of fused-ring (bicyclic) bond motifs is 1. The number of alkyl halides is 3. The summed E-state index contributed by atoms with van der Waals surface area (Å²) in [5.74, 6) is -5.08. The van der Waals surface area contributed by atoms with E-state index in [9.17, 15) is 31.1 Å². The average Bonchev–Trinajstić information content (AvgIpc) is 3.09. The molecule has 1 unspecified atom stereocenters. The predicted molar refractivity (Wildman–Crippen MR) is 99.6 cm³/mol. The van der Waals surface area contributed by atoms with Crippen molar-refractivity contribution < 1.29 is 31.1 Å². The molecule has 31 heavy (non-hydrogen) atoms. The van der Waals surface area contributed by atoms with Gasteiger partial charge in [0.1, 0.15) is 5.82 Å². The first kappa shape index (κ1) is 24.9. The molecule has 0 bridgehead atoms. The average molecular weight is 472 g/mol. The summed E-state index contributed by atoms with van der Waals surface area (Å²) in [6.45, 7) is 1.56. The minimum Gasteiger partial charge on any atom is -0.331 e. The van der Waals surface area contributed by atoms with Crippen LogP contribution in [0.5, 0.6) is 0 Å². The van der Waals surface area contributed by atoms with Gasteiger partial charge in [-0.05, 0) is 24.5 Å². The first-order valence-corrected chi connectivity index (χ1v) is 9.21. The lowest BCUT2D eigenvalue weighted by Crippen LogP contribution is -2.45. The molecule has 1 aromatic carbocycles. The Hall–Kier alpha value is -2.34. The Labute approximate surface area is 179 Å². The summed E-state index contributed by atoms with van der Waals surface area (Å²) in [6, 6.07) is -0.532. The summed E-state index contributed by atoms with van der Waals surface area (Å²) < 4.78 is 80.3. The van der Waals surface area contributed by atoms with Gasteiger partial charge < -0.3 is 15.2 Å². The maximum Gasteiger partial charge on any atom is 0.451 e. The van der Waals surface area contributed by atoms with Gasteiger partial charge in [-0.2, -0.15) is 13.2 Å². The van der Waals surface area contributed by atoms with Gasteiger partial charge in [0.25, 0.3) is 0 Å². The van der Waals surface area contributed by atoms with Crippen molar-refractivity contribution in [2.75, 3.05) is 6.54 Å². The van der Waals surface area contributed by atoms with E-state index in [0.717, 1.165) is 4.57 Å². The fraction of sp³-hybridized carbons (Fsp3) is 0.500. The molecule has 0 saturated carbocycles. The van der Waals surface area contributed by atoms with Crippen molar-refractivity contribution in [3.8, 4) is 0 Å². The molecule has 3 rings (SSSR count). The lowest BCUT2D eigenvalue weighted by molar-refractivity contribution is -0.148. The summed E-state index contributed by atoms with van der Waals surface area (Å²) >= 11 is 0. The van der Waals surface area contributed by atoms with Crippen LogP contribution in [0.1, 0.15) is 43.0 Å². The van der Waals surface area contributed by atoms with Crippen LogP contribution in [0.25, 0.3) is 0 Å². The molecule has 2 N–H and O–H groups in total. The molecule has 1 amide bonds. The van der Waals surface area contributed by atoms with Crippen molar-refractivity contribution in [2.45, 2.75) is 51.0 Å². The van der Waals surface area contributed by atoms with Gasteiger partial charge in [-0.1, -0.05) is 6.92 Å². The number of benzene rings is 1. The van der Waals surface area contributed by atoms with Crippen LogP contribution >= 0.6 is 12.4 Å². The normalized spacial score (nSPS) is 17.2.